The highest BCUT2D eigenvalue weighted by Gasteiger charge is 2.55. The minimum absolute atomic E-state index is 0.148. The van der Waals surface area contributed by atoms with E-state index in [1.54, 1.807) is 0 Å². The molecular weight excluding hydrogens is 348 g/mol. The summed E-state index contributed by atoms with van der Waals surface area (Å²) in [5, 5.41) is 21.6. The van der Waals surface area contributed by atoms with Gasteiger partial charge in [-0.15, -0.1) is 0 Å². The normalized spacial score (nSPS) is 11.7. The Morgan fingerprint density at radius 1 is 0.704 bits per heavy atom. The van der Waals surface area contributed by atoms with Gasteiger partial charge < -0.3 is 0 Å². The molecule has 0 bridgehead atoms. The lowest BCUT2D eigenvalue weighted by molar-refractivity contribution is -0.774. The van der Waals surface area contributed by atoms with Gasteiger partial charge in [-0.1, -0.05) is 76.9 Å². The Balaban J connectivity index is 3.57. The van der Waals surface area contributed by atoms with Crippen molar-refractivity contribution < 1.29 is 14.6 Å². The van der Waals surface area contributed by atoms with E-state index < -0.39 is 15.5 Å². The summed E-state index contributed by atoms with van der Waals surface area (Å²) in [6.07, 6.45) is 19.3. The highest BCUT2D eigenvalue weighted by molar-refractivity contribution is 5.59. The molecule has 0 unspecified atom stereocenters. The zero-order chi connectivity index (χ0) is 20.4. The Morgan fingerprint density at radius 2 is 1.11 bits per heavy atom. The van der Waals surface area contributed by atoms with Crippen molar-refractivity contribution in [2.45, 2.75) is 109 Å². The van der Waals surface area contributed by atoms with Crippen molar-refractivity contribution in [1.29, 1.82) is 0 Å². The Morgan fingerprint density at radius 3 is 1.52 bits per heavy atom. The standard InChI is InChI=1S/C20H36N2O5/c1-2-3-4-5-6-7-8-9-10-11-12-13-14-15-16-17-18-20(19-23,21(24)25)22(26)27/h9-10,19H,2-8,11-18H2,1H3/b10-9-. The molecule has 0 aliphatic carbocycles. The predicted molar refractivity (Wildman–Crippen MR) is 107 cm³/mol. The third-order valence-electron chi connectivity index (χ3n) is 4.88. The summed E-state index contributed by atoms with van der Waals surface area (Å²) in [5.41, 5.74) is -2.67. The van der Waals surface area contributed by atoms with Gasteiger partial charge in [0.15, 0.2) is 0 Å². The van der Waals surface area contributed by atoms with E-state index in [1.165, 1.54) is 38.5 Å². The highest BCUT2D eigenvalue weighted by Crippen LogP contribution is 2.19. The molecule has 0 saturated heterocycles. The second kappa shape index (κ2) is 16.4. The first-order valence-electron chi connectivity index (χ1n) is 10.4. The summed E-state index contributed by atoms with van der Waals surface area (Å²) in [6, 6.07) is 0. The largest absolute Gasteiger partial charge is 0.512 e. The lowest BCUT2D eigenvalue weighted by Gasteiger charge is -2.10. The van der Waals surface area contributed by atoms with E-state index in [0.717, 1.165) is 38.5 Å². The quantitative estimate of drug-likeness (QED) is 0.0692. The fourth-order valence-electron chi connectivity index (χ4n) is 3.03. The molecule has 0 saturated carbocycles. The van der Waals surface area contributed by atoms with Crippen LogP contribution in [0.5, 0.6) is 0 Å². The number of nitrogens with zero attached hydrogens (tertiary/aromatic N) is 2. The van der Waals surface area contributed by atoms with Crippen molar-refractivity contribution in [3.8, 4) is 0 Å². The lowest BCUT2D eigenvalue weighted by atomic mass is 10.0. The lowest BCUT2D eigenvalue weighted by Crippen LogP contribution is -2.47. The van der Waals surface area contributed by atoms with Crippen LogP contribution < -0.4 is 0 Å². The molecule has 0 aromatic carbocycles. The monoisotopic (exact) mass is 384 g/mol. The van der Waals surface area contributed by atoms with Crippen LogP contribution in [-0.2, 0) is 4.79 Å². The van der Waals surface area contributed by atoms with Gasteiger partial charge in [0.1, 0.15) is 9.85 Å². The molecule has 0 aliphatic heterocycles. The maximum absolute atomic E-state index is 10.8. The summed E-state index contributed by atoms with van der Waals surface area (Å²) in [5.74, 6) is 0. The summed E-state index contributed by atoms with van der Waals surface area (Å²) < 4.78 is 0. The topological polar surface area (TPSA) is 103 Å². The summed E-state index contributed by atoms with van der Waals surface area (Å²) in [4.78, 5) is 30.3. The van der Waals surface area contributed by atoms with Crippen LogP contribution in [0.1, 0.15) is 103 Å². The molecular formula is C20H36N2O5. The number of hydrogen-bond acceptors (Lipinski definition) is 5. The van der Waals surface area contributed by atoms with Crippen LogP contribution in [0.3, 0.4) is 0 Å². The number of allylic oxidation sites excluding steroid dienone is 2. The molecule has 0 atom stereocenters. The minimum Gasteiger partial charge on any atom is -0.287 e. The minimum atomic E-state index is -2.67. The van der Waals surface area contributed by atoms with Gasteiger partial charge in [-0.2, -0.15) is 0 Å². The third kappa shape index (κ3) is 11.5. The van der Waals surface area contributed by atoms with Crippen LogP contribution in [0.4, 0.5) is 0 Å². The van der Waals surface area contributed by atoms with Gasteiger partial charge in [0.05, 0.1) is 6.42 Å². The van der Waals surface area contributed by atoms with Gasteiger partial charge in [0.2, 0.25) is 0 Å². The zero-order valence-corrected chi connectivity index (χ0v) is 16.8. The van der Waals surface area contributed by atoms with Crippen LogP contribution in [0.25, 0.3) is 0 Å². The average Bonchev–Trinajstić information content (AvgIpc) is 2.64. The Hall–Kier alpha value is -1.79. The van der Waals surface area contributed by atoms with Gasteiger partial charge >= 0.3 is 5.66 Å². The maximum Gasteiger partial charge on any atom is 0.512 e. The summed E-state index contributed by atoms with van der Waals surface area (Å²) >= 11 is 0. The molecule has 0 rings (SSSR count). The van der Waals surface area contributed by atoms with Crippen LogP contribution in [0, 0.1) is 20.2 Å². The van der Waals surface area contributed by atoms with Gasteiger partial charge in [0.25, 0.3) is 6.29 Å². The van der Waals surface area contributed by atoms with E-state index in [-0.39, 0.29) is 12.7 Å². The van der Waals surface area contributed by atoms with Crippen molar-refractivity contribution in [3.05, 3.63) is 32.4 Å². The van der Waals surface area contributed by atoms with Crippen LogP contribution in [-0.4, -0.2) is 21.8 Å². The van der Waals surface area contributed by atoms with Crippen molar-refractivity contribution in [2.24, 2.45) is 0 Å². The molecule has 156 valence electrons. The molecule has 7 heteroatoms. The number of carbonyl (C=O) groups excluding carboxylic acids is 1. The SMILES string of the molecule is CCCCCCCC/C=C\CCCCCCCCC(C=O)([N+](=O)[O-])[N+](=O)[O-]. The molecule has 0 aliphatic rings. The molecule has 0 spiro atoms. The van der Waals surface area contributed by atoms with Crippen LogP contribution in [0.2, 0.25) is 0 Å². The van der Waals surface area contributed by atoms with Gasteiger partial charge in [-0.3, -0.25) is 25.0 Å². The second-order valence-electron chi connectivity index (χ2n) is 7.20. The average molecular weight is 385 g/mol. The van der Waals surface area contributed by atoms with Crippen LogP contribution in [0.15, 0.2) is 12.2 Å². The molecule has 0 aromatic rings. The summed E-state index contributed by atoms with van der Waals surface area (Å²) in [6.45, 7) is 2.23. The molecule has 7 nitrogen and oxygen atoms in total. The fourth-order valence-corrected chi connectivity index (χ4v) is 3.03. The van der Waals surface area contributed by atoms with Crippen molar-refractivity contribution in [1.82, 2.24) is 0 Å². The first-order valence-corrected chi connectivity index (χ1v) is 10.4. The number of hydrogen-bond donors (Lipinski definition) is 0. The van der Waals surface area contributed by atoms with Crippen molar-refractivity contribution >= 4 is 6.29 Å². The van der Waals surface area contributed by atoms with E-state index in [9.17, 15) is 25.0 Å². The van der Waals surface area contributed by atoms with Crippen LogP contribution >= 0.6 is 0 Å². The first kappa shape index (κ1) is 25.2. The number of unbranched alkanes of at least 4 members (excludes halogenated alkanes) is 12. The number of rotatable bonds is 19. The maximum atomic E-state index is 10.8. The molecule has 0 heterocycles. The van der Waals surface area contributed by atoms with E-state index in [4.69, 9.17) is 0 Å². The van der Waals surface area contributed by atoms with E-state index in [1.807, 2.05) is 0 Å². The molecule has 0 amide bonds. The van der Waals surface area contributed by atoms with E-state index in [2.05, 4.69) is 19.1 Å². The van der Waals surface area contributed by atoms with Crippen molar-refractivity contribution in [2.75, 3.05) is 0 Å². The predicted octanol–water partition coefficient (Wildman–Crippen LogP) is 5.86. The molecule has 0 N–H and O–H groups in total. The van der Waals surface area contributed by atoms with Gasteiger partial charge in [-0.05, 0) is 32.1 Å². The zero-order valence-electron chi connectivity index (χ0n) is 16.8. The number of carbonyl (C=O) groups is 1. The Kier molecular flexibility index (Phi) is 15.3. The molecule has 27 heavy (non-hydrogen) atoms. The fraction of sp³-hybridized carbons (Fsp3) is 0.850. The van der Waals surface area contributed by atoms with Gasteiger partial charge in [-0.25, -0.2) is 0 Å². The van der Waals surface area contributed by atoms with E-state index in [0.29, 0.717) is 12.8 Å². The molecule has 0 aromatic heterocycles. The molecule has 0 radical (unpaired) electrons. The molecule has 0 fully saturated rings. The van der Waals surface area contributed by atoms with Gasteiger partial charge in [0, 0.05) is 0 Å². The van der Waals surface area contributed by atoms with Crippen molar-refractivity contribution in [3.63, 3.8) is 0 Å². The Labute approximate surface area is 162 Å². The second-order valence-corrected chi connectivity index (χ2v) is 7.20. The third-order valence-corrected chi connectivity index (χ3v) is 4.88. The number of nitro groups is 2. The summed E-state index contributed by atoms with van der Waals surface area (Å²) in [7, 11) is 0. The van der Waals surface area contributed by atoms with E-state index >= 15 is 0 Å². The smallest absolute Gasteiger partial charge is 0.287 e. The highest BCUT2D eigenvalue weighted by atomic mass is 16.7. The first-order chi connectivity index (χ1) is 13.0. The Bertz CT molecular complexity index is 438. The number of aldehydes is 1.